The van der Waals surface area contributed by atoms with Gasteiger partial charge in [-0.05, 0) is 82.5 Å². The van der Waals surface area contributed by atoms with E-state index in [4.69, 9.17) is 4.74 Å². The summed E-state index contributed by atoms with van der Waals surface area (Å²) in [5, 5.41) is 3.96. The van der Waals surface area contributed by atoms with Crippen LogP contribution in [0.5, 0.6) is 0 Å². The maximum atomic E-state index is 12.4. The maximum absolute atomic E-state index is 12.4. The van der Waals surface area contributed by atoms with Gasteiger partial charge in [0, 0.05) is 6.04 Å². The van der Waals surface area contributed by atoms with E-state index >= 15 is 0 Å². The van der Waals surface area contributed by atoms with Gasteiger partial charge < -0.3 is 10.1 Å². The van der Waals surface area contributed by atoms with Crippen LogP contribution in [-0.4, -0.2) is 29.5 Å². The lowest BCUT2D eigenvalue weighted by molar-refractivity contribution is -0.128. The Labute approximate surface area is 158 Å². The van der Waals surface area contributed by atoms with E-state index in [2.05, 4.69) is 17.2 Å². The summed E-state index contributed by atoms with van der Waals surface area (Å²) in [6.45, 7) is 5.57. The molecule has 4 saturated carbocycles. The molecule has 4 fully saturated rings. The minimum atomic E-state index is -0.453. The van der Waals surface area contributed by atoms with Crippen molar-refractivity contribution < 1.29 is 14.3 Å². The molecule has 1 atom stereocenters. The summed E-state index contributed by atoms with van der Waals surface area (Å²) in [6.07, 6.45) is 7.93. The molecule has 5 rings (SSSR count). The number of aryl methyl sites for hydroxylation is 2. The number of carbonyl (C=O) groups excluding carboxylic acids is 2. The lowest BCUT2D eigenvalue weighted by Crippen LogP contribution is -2.56. The van der Waals surface area contributed by atoms with Gasteiger partial charge in [0.05, 0.1) is 10.7 Å². The van der Waals surface area contributed by atoms with E-state index < -0.39 is 5.97 Å². The zero-order chi connectivity index (χ0) is 18.5. The topological polar surface area (TPSA) is 68.3 Å². The first-order chi connectivity index (χ1) is 12.3. The van der Waals surface area contributed by atoms with E-state index in [1.807, 2.05) is 6.92 Å². The van der Waals surface area contributed by atoms with E-state index in [-0.39, 0.29) is 24.0 Å². The molecule has 4 bridgehead atoms. The lowest BCUT2D eigenvalue weighted by Gasteiger charge is -2.59. The van der Waals surface area contributed by atoms with Crippen LogP contribution < -0.4 is 5.32 Å². The van der Waals surface area contributed by atoms with Gasteiger partial charge in [0.1, 0.15) is 4.88 Å². The summed E-state index contributed by atoms with van der Waals surface area (Å²) in [4.78, 5) is 29.3. The van der Waals surface area contributed by atoms with Crippen LogP contribution in [0.2, 0.25) is 0 Å². The Morgan fingerprint density at radius 2 is 1.77 bits per heavy atom. The Bertz CT molecular complexity index is 691. The number of amides is 1. The molecular weight excluding hydrogens is 348 g/mol. The SMILES string of the molecule is Cc1nc(C)c(C(=O)OCC(=O)NC(C)C23CC4CC(CC(C4)C2)C3)s1. The van der Waals surface area contributed by atoms with Crippen molar-refractivity contribution >= 4 is 23.2 Å². The average molecular weight is 377 g/mol. The quantitative estimate of drug-likeness (QED) is 0.797. The highest BCUT2D eigenvalue weighted by Crippen LogP contribution is 2.61. The molecule has 4 aliphatic rings. The Kier molecular flexibility index (Phi) is 4.58. The third-order valence-electron chi connectivity index (χ3n) is 6.80. The van der Waals surface area contributed by atoms with Crippen molar-refractivity contribution in [2.75, 3.05) is 6.61 Å². The van der Waals surface area contributed by atoms with E-state index in [0.717, 1.165) is 22.8 Å². The summed E-state index contributed by atoms with van der Waals surface area (Å²) in [5.41, 5.74) is 0.930. The highest BCUT2D eigenvalue weighted by Gasteiger charge is 2.53. The standard InChI is InChI=1S/C20H28N2O3S/c1-11-18(26-13(3)21-11)19(24)25-10-17(23)22-12(2)20-7-14-4-15(8-20)6-16(5-14)9-20/h12,14-16H,4-10H2,1-3H3,(H,22,23). The molecule has 4 aliphatic carbocycles. The van der Waals surface area contributed by atoms with Crippen molar-refractivity contribution in [3.05, 3.63) is 15.6 Å². The zero-order valence-electron chi connectivity index (χ0n) is 15.8. The van der Waals surface area contributed by atoms with Crippen LogP contribution in [0.4, 0.5) is 0 Å². The number of carbonyl (C=O) groups is 2. The van der Waals surface area contributed by atoms with Crippen LogP contribution in [0.15, 0.2) is 0 Å². The Balaban J connectivity index is 1.32. The number of aromatic nitrogens is 1. The Morgan fingerprint density at radius 3 is 2.27 bits per heavy atom. The van der Waals surface area contributed by atoms with Gasteiger partial charge in [0.15, 0.2) is 6.61 Å². The number of hydrogen-bond donors (Lipinski definition) is 1. The van der Waals surface area contributed by atoms with Crippen molar-refractivity contribution in [2.45, 2.75) is 65.3 Å². The van der Waals surface area contributed by atoms with Crippen molar-refractivity contribution in [2.24, 2.45) is 23.2 Å². The minimum Gasteiger partial charge on any atom is -0.451 e. The van der Waals surface area contributed by atoms with E-state index in [9.17, 15) is 9.59 Å². The molecule has 1 aromatic rings. The van der Waals surface area contributed by atoms with Gasteiger partial charge in [0.25, 0.3) is 5.91 Å². The summed E-state index contributed by atoms with van der Waals surface area (Å²) >= 11 is 1.31. The molecule has 0 aromatic carbocycles. The summed E-state index contributed by atoms with van der Waals surface area (Å²) in [5.74, 6) is 1.93. The largest absolute Gasteiger partial charge is 0.451 e. The number of esters is 1. The number of hydrogen-bond acceptors (Lipinski definition) is 5. The molecule has 1 aromatic heterocycles. The molecule has 1 amide bonds. The first kappa shape index (κ1) is 18.0. The first-order valence-electron chi connectivity index (χ1n) is 9.75. The third-order valence-corrected chi connectivity index (χ3v) is 7.86. The molecule has 0 spiro atoms. The number of nitrogens with one attached hydrogen (secondary N) is 1. The lowest BCUT2D eigenvalue weighted by atomic mass is 9.48. The fourth-order valence-corrected chi connectivity index (χ4v) is 6.88. The van der Waals surface area contributed by atoms with Gasteiger partial charge in [-0.25, -0.2) is 9.78 Å². The van der Waals surface area contributed by atoms with Crippen molar-refractivity contribution in [1.29, 1.82) is 0 Å². The van der Waals surface area contributed by atoms with E-state index in [1.54, 1.807) is 6.92 Å². The minimum absolute atomic E-state index is 0.148. The first-order valence-corrected chi connectivity index (χ1v) is 10.6. The number of ether oxygens (including phenoxy) is 1. The number of nitrogens with zero attached hydrogens (tertiary/aromatic N) is 1. The predicted molar refractivity (Wildman–Crippen MR) is 100 cm³/mol. The van der Waals surface area contributed by atoms with Crippen LogP contribution in [0.25, 0.3) is 0 Å². The van der Waals surface area contributed by atoms with Gasteiger partial charge in [-0.2, -0.15) is 0 Å². The highest BCUT2D eigenvalue weighted by molar-refractivity contribution is 7.13. The molecule has 0 aliphatic heterocycles. The van der Waals surface area contributed by atoms with Gasteiger partial charge >= 0.3 is 5.97 Å². The maximum Gasteiger partial charge on any atom is 0.350 e. The second-order valence-electron chi connectivity index (χ2n) is 8.79. The van der Waals surface area contributed by atoms with Crippen molar-refractivity contribution in [1.82, 2.24) is 10.3 Å². The molecule has 5 nitrogen and oxygen atoms in total. The van der Waals surface area contributed by atoms with E-state index in [0.29, 0.717) is 10.6 Å². The van der Waals surface area contributed by atoms with Gasteiger partial charge in [-0.1, -0.05) is 0 Å². The van der Waals surface area contributed by atoms with Crippen molar-refractivity contribution in [3.8, 4) is 0 Å². The average Bonchev–Trinajstić information content (AvgIpc) is 2.90. The summed E-state index contributed by atoms with van der Waals surface area (Å²) < 4.78 is 5.22. The van der Waals surface area contributed by atoms with E-state index in [1.165, 1.54) is 49.9 Å². The third kappa shape index (κ3) is 3.28. The summed E-state index contributed by atoms with van der Waals surface area (Å²) in [6, 6.07) is 0.148. The molecule has 0 radical (unpaired) electrons. The van der Waals surface area contributed by atoms with Crippen LogP contribution in [-0.2, 0) is 9.53 Å². The highest BCUT2D eigenvalue weighted by atomic mass is 32.1. The van der Waals surface area contributed by atoms with Crippen LogP contribution in [0, 0.1) is 37.0 Å². The van der Waals surface area contributed by atoms with Crippen LogP contribution in [0.3, 0.4) is 0 Å². The normalized spacial score (nSPS) is 33.1. The zero-order valence-corrected chi connectivity index (χ0v) is 16.7. The molecule has 0 saturated heterocycles. The number of thiazole rings is 1. The van der Waals surface area contributed by atoms with Crippen LogP contribution >= 0.6 is 11.3 Å². The summed E-state index contributed by atoms with van der Waals surface area (Å²) in [7, 11) is 0. The molecule has 26 heavy (non-hydrogen) atoms. The van der Waals surface area contributed by atoms with Gasteiger partial charge in [0.2, 0.25) is 0 Å². The predicted octanol–water partition coefficient (Wildman–Crippen LogP) is 3.64. The smallest absolute Gasteiger partial charge is 0.350 e. The second kappa shape index (κ2) is 6.63. The Morgan fingerprint density at radius 1 is 1.19 bits per heavy atom. The molecule has 1 heterocycles. The monoisotopic (exact) mass is 376 g/mol. The van der Waals surface area contributed by atoms with Gasteiger partial charge in [-0.3, -0.25) is 4.79 Å². The Hall–Kier alpha value is -1.43. The molecule has 142 valence electrons. The fourth-order valence-electron chi connectivity index (χ4n) is 6.06. The number of rotatable bonds is 5. The second-order valence-corrected chi connectivity index (χ2v) is 10.00. The molecular formula is C20H28N2O3S. The van der Waals surface area contributed by atoms with Gasteiger partial charge in [-0.15, -0.1) is 11.3 Å². The van der Waals surface area contributed by atoms with Crippen molar-refractivity contribution in [3.63, 3.8) is 0 Å². The van der Waals surface area contributed by atoms with Crippen LogP contribution in [0.1, 0.15) is 65.8 Å². The fraction of sp³-hybridized carbons (Fsp3) is 0.750. The molecule has 6 heteroatoms. The molecule has 1 N–H and O–H groups in total. The molecule has 1 unspecified atom stereocenters.